The van der Waals surface area contributed by atoms with Crippen molar-refractivity contribution >= 4 is 17.7 Å². The van der Waals surface area contributed by atoms with Crippen LogP contribution in [0.25, 0.3) is 0 Å². The van der Waals surface area contributed by atoms with Crippen molar-refractivity contribution < 1.29 is 4.79 Å². The van der Waals surface area contributed by atoms with Crippen molar-refractivity contribution in [1.29, 1.82) is 0 Å². The van der Waals surface area contributed by atoms with E-state index in [9.17, 15) is 4.79 Å². The lowest BCUT2D eigenvalue weighted by atomic mass is 9.86. The van der Waals surface area contributed by atoms with E-state index in [0.717, 1.165) is 62.3 Å². The van der Waals surface area contributed by atoms with Gasteiger partial charge in [0.05, 0.1) is 0 Å². The summed E-state index contributed by atoms with van der Waals surface area (Å²) in [5.41, 5.74) is 3.08. The molecule has 0 N–H and O–H groups in total. The molecule has 0 saturated carbocycles. The van der Waals surface area contributed by atoms with Gasteiger partial charge in [0.15, 0.2) is 0 Å². The van der Waals surface area contributed by atoms with Crippen LogP contribution in [0.15, 0.2) is 30.3 Å². The Morgan fingerprint density at radius 2 is 1.44 bits per heavy atom. The topological polar surface area (TPSA) is 55.8 Å². The Balaban J connectivity index is 1.40. The van der Waals surface area contributed by atoms with Crippen molar-refractivity contribution in [2.75, 3.05) is 69.2 Å². The Labute approximate surface area is 192 Å². The smallest absolute Gasteiger partial charge is 0.253 e. The van der Waals surface area contributed by atoms with Crippen LogP contribution in [0.5, 0.6) is 0 Å². The van der Waals surface area contributed by atoms with Crippen molar-refractivity contribution in [2.45, 2.75) is 33.1 Å². The highest BCUT2D eigenvalue weighted by Gasteiger charge is 2.25. The van der Waals surface area contributed by atoms with Crippen LogP contribution in [0, 0.1) is 6.92 Å². The lowest BCUT2D eigenvalue weighted by molar-refractivity contribution is 0.0746. The Kier molecular flexibility index (Phi) is 6.38. The lowest BCUT2D eigenvalue weighted by Gasteiger charge is -2.36. The van der Waals surface area contributed by atoms with Gasteiger partial charge in [0.25, 0.3) is 5.91 Å². The number of likely N-dealkylation sites (N-methyl/N-ethyl adjacent to an activating group) is 1. The second-order valence-electron chi connectivity index (χ2n) is 10.1. The molecular weight excluding hydrogens is 400 g/mol. The molecule has 2 aromatic rings. The van der Waals surface area contributed by atoms with Crippen LogP contribution < -0.4 is 9.80 Å². The fourth-order valence-corrected chi connectivity index (χ4v) is 4.28. The zero-order valence-corrected chi connectivity index (χ0v) is 20.1. The molecule has 2 aliphatic rings. The summed E-state index contributed by atoms with van der Waals surface area (Å²) >= 11 is 0. The maximum Gasteiger partial charge on any atom is 0.253 e. The number of carbonyl (C=O) groups is 1. The number of piperazine rings is 2. The van der Waals surface area contributed by atoms with Crippen LogP contribution in [0.4, 0.5) is 11.8 Å². The number of hydrogen-bond acceptors (Lipinski definition) is 6. The zero-order chi connectivity index (χ0) is 22.9. The minimum atomic E-state index is 0.0873. The summed E-state index contributed by atoms with van der Waals surface area (Å²) in [5, 5.41) is 0. The van der Waals surface area contributed by atoms with Gasteiger partial charge >= 0.3 is 0 Å². The van der Waals surface area contributed by atoms with Gasteiger partial charge in [-0.25, -0.2) is 4.98 Å². The molecule has 3 heterocycles. The Bertz CT molecular complexity index is 936. The fourth-order valence-electron chi connectivity index (χ4n) is 4.28. The molecule has 7 nitrogen and oxygen atoms in total. The molecule has 4 rings (SSSR count). The first-order valence-electron chi connectivity index (χ1n) is 11.6. The molecule has 0 spiro atoms. The van der Waals surface area contributed by atoms with Crippen LogP contribution in [-0.4, -0.2) is 85.1 Å². The normalized spacial score (nSPS) is 18.2. The van der Waals surface area contributed by atoms with E-state index in [2.05, 4.69) is 60.7 Å². The number of rotatable bonds is 3. The van der Waals surface area contributed by atoms with E-state index in [1.54, 1.807) is 0 Å². The highest BCUT2D eigenvalue weighted by atomic mass is 16.2. The van der Waals surface area contributed by atoms with Gasteiger partial charge in [-0.2, -0.15) is 4.98 Å². The van der Waals surface area contributed by atoms with Gasteiger partial charge < -0.3 is 19.6 Å². The molecule has 0 atom stereocenters. The molecule has 172 valence electrons. The molecule has 0 unspecified atom stereocenters. The van der Waals surface area contributed by atoms with Crippen LogP contribution in [0.2, 0.25) is 0 Å². The molecule has 0 bridgehead atoms. The summed E-state index contributed by atoms with van der Waals surface area (Å²) < 4.78 is 0. The lowest BCUT2D eigenvalue weighted by Crippen LogP contribution is -2.49. The van der Waals surface area contributed by atoms with Gasteiger partial charge in [-0.05, 0) is 37.1 Å². The first kappa shape index (κ1) is 22.5. The highest BCUT2D eigenvalue weighted by molar-refractivity contribution is 5.94. The maximum atomic E-state index is 13.0. The van der Waals surface area contributed by atoms with E-state index in [0.29, 0.717) is 13.1 Å². The van der Waals surface area contributed by atoms with Crippen molar-refractivity contribution in [1.82, 2.24) is 19.8 Å². The van der Waals surface area contributed by atoms with Crippen LogP contribution in [0.1, 0.15) is 42.4 Å². The number of aryl methyl sites for hydroxylation is 1. The fraction of sp³-hybridized carbons (Fsp3) is 0.560. The predicted molar refractivity (Wildman–Crippen MR) is 130 cm³/mol. The van der Waals surface area contributed by atoms with E-state index in [4.69, 9.17) is 9.97 Å². The summed E-state index contributed by atoms with van der Waals surface area (Å²) in [5.74, 6) is 1.90. The molecule has 2 aliphatic heterocycles. The quantitative estimate of drug-likeness (QED) is 0.738. The number of carbonyl (C=O) groups excluding carboxylic acids is 1. The predicted octanol–water partition coefficient (Wildman–Crippen LogP) is 2.80. The monoisotopic (exact) mass is 436 g/mol. The molecule has 2 fully saturated rings. The minimum absolute atomic E-state index is 0.0873. The van der Waals surface area contributed by atoms with Crippen molar-refractivity contribution in [3.05, 3.63) is 47.2 Å². The zero-order valence-electron chi connectivity index (χ0n) is 20.1. The van der Waals surface area contributed by atoms with E-state index in [1.807, 2.05) is 24.0 Å². The number of benzene rings is 1. The molecule has 32 heavy (non-hydrogen) atoms. The Hall–Kier alpha value is -2.67. The highest BCUT2D eigenvalue weighted by Crippen LogP contribution is 2.23. The number of amides is 1. The maximum absolute atomic E-state index is 13.0. The van der Waals surface area contributed by atoms with E-state index in [1.165, 1.54) is 5.56 Å². The van der Waals surface area contributed by atoms with E-state index < -0.39 is 0 Å². The molecular formula is C25H36N6O. The van der Waals surface area contributed by atoms with Crippen LogP contribution in [0.3, 0.4) is 0 Å². The summed E-state index contributed by atoms with van der Waals surface area (Å²) in [6, 6.07) is 10.1. The number of nitrogens with zero attached hydrogens (tertiary/aromatic N) is 6. The molecule has 7 heteroatoms. The van der Waals surface area contributed by atoms with Gasteiger partial charge in [-0.15, -0.1) is 0 Å². The second-order valence-corrected chi connectivity index (χ2v) is 10.1. The largest absolute Gasteiger partial charge is 0.354 e. The van der Waals surface area contributed by atoms with Gasteiger partial charge in [-0.1, -0.05) is 32.9 Å². The number of aromatic nitrogens is 2. The Morgan fingerprint density at radius 1 is 0.844 bits per heavy atom. The molecule has 1 amide bonds. The van der Waals surface area contributed by atoms with Gasteiger partial charge in [0, 0.05) is 69.7 Å². The summed E-state index contributed by atoms with van der Waals surface area (Å²) in [4.78, 5) is 31.4. The molecule has 2 saturated heterocycles. The van der Waals surface area contributed by atoms with E-state index >= 15 is 0 Å². The third-order valence-electron chi connectivity index (χ3n) is 6.50. The van der Waals surface area contributed by atoms with Gasteiger partial charge in [0.2, 0.25) is 5.95 Å². The molecule has 1 aromatic heterocycles. The Morgan fingerprint density at radius 3 is 2.03 bits per heavy atom. The summed E-state index contributed by atoms with van der Waals surface area (Å²) in [6.45, 7) is 15.5. The summed E-state index contributed by atoms with van der Waals surface area (Å²) in [7, 11) is 2.16. The van der Waals surface area contributed by atoms with Crippen molar-refractivity contribution in [3.8, 4) is 0 Å². The van der Waals surface area contributed by atoms with Gasteiger partial charge in [-0.3, -0.25) is 4.79 Å². The standard InChI is InChI=1S/C25H36N6O/c1-19-18-22(29-12-10-28(5)11-13-29)27-24(26-19)31-16-14-30(15-17-31)23(32)20-6-8-21(9-7-20)25(2,3)4/h6-9,18H,10-17H2,1-5H3. The van der Waals surface area contributed by atoms with Crippen molar-refractivity contribution in [3.63, 3.8) is 0 Å². The first-order chi connectivity index (χ1) is 15.2. The number of anilines is 2. The SMILES string of the molecule is Cc1cc(N2CCN(C)CC2)nc(N2CCN(C(=O)c3ccc(C(C)(C)C)cc3)CC2)n1. The molecule has 0 radical (unpaired) electrons. The average Bonchev–Trinajstić information content (AvgIpc) is 2.78. The average molecular weight is 437 g/mol. The first-order valence-corrected chi connectivity index (χ1v) is 11.6. The third kappa shape index (κ3) is 5.04. The van der Waals surface area contributed by atoms with Crippen LogP contribution >= 0.6 is 0 Å². The van der Waals surface area contributed by atoms with Gasteiger partial charge in [0.1, 0.15) is 5.82 Å². The third-order valence-corrected chi connectivity index (χ3v) is 6.50. The van der Waals surface area contributed by atoms with Crippen molar-refractivity contribution in [2.24, 2.45) is 0 Å². The summed E-state index contributed by atoms with van der Waals surface area (Å²) in [6.07, 6.45) is 0. The minimum Gasteiger partial charge on any atom is -0.354 e. The second kappa shape index (κ2) is 9.06. The molecule has 1 aromatic carbocycles. The van der Waals surface area contributed by atoms with Crippen LogP contribution in [-0.2, 0) is 5.41 Å². The number of hydrogen-bond donors (Lipinski definition) is 0. The van der Waals surface area contributed by atoms with E-state index in [-0.39, 0.29) is 11.3 Å². The molecule has 0 aliphatic carbocycles.